The molecule has 2 fully saturated rings. The van der Waals surface area contributed by atoms with E-state index in [1.807, 2.05) is 13.8 Å². The summed E-state index contributed by atoms with van der Waals surface area (Å²) in [6, 6.07) is 0. The fourth-order valence-electron chi connectivity index (χ4n) is 9.10. The zero-order valence-electron chi connectivity index (χ0n) is 27.3. The molecule has 9 heteroatoms. The van der Waals surface area contributed by atoms with Gasteiger partial charge in [0.1, 0.15) is 11.7 Å². The van der Waals surface area contributed by atoms with Crippen molar-refractivity contribution in [2.75, 3.05) is 6.61 Å². The van der Waals surface area contributed by atoms with Gasteiger partial charge in [0.2, 0.25) is 0 Å². The summed E-state index contributed by atoms with van der Waals surface area (Å²) in [6.45, 7) is 8.71. The van der Waals surface area contributed by atoms with E-state index in [-0.39, 0.29) is 12.8 Å². The van der Waals surface area contributed by atoms with E-state index in [1.54, 1.807) is 26.0 Å². The Balaban J connectivity index is 1.51. The van der Waals surface area contributed by atoms with Gasteiger partial charge in [-0.2, -0.15) is 0 Å². The zero-order valence-corrected chi connectivity index (χ0v) is 27.3. The Kier molecular flexibility index (Phi) is 10.4. The molecule has 0 bridgehead atoms. The van der Waals surface area contributed by atoms with Crippen molar-refractivity contribution in [3.8, 4) is 0 Å². The van der Waals surface area contributed by atoms with Gasteiger partial charge in [0, 0.05) is 41.9 Å². The minimum atomic E-state index is -1.98. The van der Waals surface area contributed by atoms with Gasteiger partial charge in [0.25, 0.3) is 0 Å². The molecule has 4 aliphatic carbocycles. The maximum atomic E-state index is 13.3. The van der Waals surface area contributed by atoms with Crippen LogP contribution in [0.5, 0.6) is 0 Å². The fraction of sp³-hybridized carbons (Fsp3) is 0.800. The quantitative estimate of drug-likeness (QED) is 0.100. The monoisotopic (exact) mass is 618 g/mol. The van der Waals surface area contributed by atoms with Crippen LogP contribution in [0.15, 0.2) is 23.3 Å². The molecule has 4 aliphatic rings. The van der Waals surface area contributed by atoms with Gasteiger partial charge in [-0.1, -0.05) is 104 Å². The fourth-order valence-corrected chi connectivity index (χ4v) is 9.10. The molecule has 0 aliphatic heterocycles. The number of hydrogen-bond acceptors (Lipinski definition) is 8. The van der Waals surface area contributed by atoms with Crippen molar-refractivity contribution < 1.29 is 44.3 Å². The number of ether oxygens (including phenoxy) is 2. The van der Waals surface area contributed by atoms with Gasteiger partial charge >= 0.3 is 12.1 Å². The first-order chi connectivity index (χ1) is 20.7. The predicted octanol–water partition coefficient (Wildman–Crippen LogP) is 5.88. The minimum absolute atomic E-state index is 0.157. The highest BCUT2D eigenvalue weighted by Crippen LogP contribution is 2.77. The number of ketones is 1. The Labute approximate surface area is 262 Å². The minimum Gasteiger partial charge on any atom is -0.458 e. The summed E-state index contributed by atoms with van der Waals surface area (Å²) < 4.78 is 11.7. The van der Waals surface area contributed by atoms with Crippen LogP contribution in [0, 0.1) is 29.1 Å². The van der Waals surface area contributed by atoms with Crippen molar-refractivity contribution in [1.82, 2.24) is 0 Å². The summed E-state index contributed by atoms with van der Waals surface area (Å²) in [4.78, 5) is 38.6. The lowest BCUT2D eigenvalue weighted by Crippen LogP contribution is -2.66. The lowest BCUT2D eigenvalue weighted by molar-refractivity contribution is -0.222. The summed E-state index contributed by atoms with van der Waals surface area (Å²) >= 11 is 0. The molecule has 2 saturated carbocycles. The number of carboxylic acid groups (broad SMARTS) is 1. The topological polar surface area (TPSA) is 151 Å². The number of fused-ring (bicyclic) bond motifs is 5. The smallest absolute Gasteiger partial charge is 0.458 e. The molecule has 0 aromatic rings. The summed E-state index contributed by atoms with van der Waals surface area (Å²) in [7, 11) is 0. The van der Waals surface area contributed by atoms with Gasteiger partial charge in [0.15, 0.2) is 11.4 Å². The number of Topliss-reactive ketones (excluding diaryl/α,β-unsaturated/α-hetero) is 1. The van der Waals surface area contributed by atoms with E-state index in [2.05, 4.69) is 6.92 Å². The van der Waals surface area contributed by atoms with Crippen LogP contribution in [0.1, 0.15) is 118 Å². The molecule has 4 rings (SSSR count). The van der Waals surface area contributed by atoms with E-state index in [4.69, 9.17) is 9.47 Å². The first-order valence-electron chi connectivity index (χ1n) is 16.8. The predicted molar refractivity (Wildman–Crippen MR) is 165 cm³/mol. The summed E-state index contributed by atoms with van der Waals surface area (Å²) in [5.74, 6) is -4.35. The Morgan fingerprint density at radius 1 is 0.955 bits per heavy atom. The van der Waals surface area contributed by atoms with E-state index in [1.165, 1.54) is 44.9 Å². The third-order valence-electron chi connectivity index (χ3n) is 11.5. The summed E-state index contributed by atoms with van der Waals surface area (Å²) in [5, 5.41) is 44.5. The highest BCUT2D eigenvalue weighted by Gasteiger charge is 2.88. The molecule has 0 saturated heterocycles. The number of esters is 1. The van der Waals surface area contributed by atoms with Crippen LogP contribution >= 0.6 is 0 Å². The second-order valence-corrected chi connectivity index (χ2v) is 14.5. The Morgan fingerprint density at radius 3 is 2.07 bits per heavy atom. The molecule has 248 valence electrons. The van der Waals surface area contributed by atoms with Gasteiger partial charge < -0.3 is 29.9 Å². The normalized spacial score (nSPS) is 36.7. The van der Waals surface area contributed by atoms with Crippen LogP contribution in [-0.4, -0.2) is 67.8 Å². The molecular weight excluding hydrogens is 564 g/mol. The molecule has 44 heavy (non-hydrogen) atoms. The highest BCUT2D eigenvalue weighted by atomic mass is 16.7. The van der Waals surface area contributed by atoms with Gasteiger partial charge in [-0.15, -0.1) is 0 Å². The Morgan fingerprint density at radius 2 is 1.52 bits per heavy atom. The molecule has 0 radical (unpaired) electrons. The van der Waals surface area contributed by atoms with Crippen molar-refractivity contribution >= 4 is 17.9 Å². The van der Waals surface area contributed by atoms with Gasteiger partial charge in [0.05, 0.1) is 12.2 Å². The highest BCUT2D eigenvalue weighted by molar-refractivity contribution is 6.04. The van der Waals surface area contributed by atoms with E-state index in [0.717, 1.165) is 19.3 Å². The van der Waals surface area contributed by atoms with E-state index < -0.39 is 76.5 Å². The first-order valence-corrected chi connectivity index (χ1v) is 16.8. The number of aliphatic hydroxyl groups is 3. The Hall–Kier alpha value is -2.23. The van der Waals surface area contributed by atoms with Crippen LogP contribution in [0.25, 0.3) is 0 Å². The molecule has 9 nitrogen and oxygen atoms in total. The molecule has 0 aromatic carbocycles. The van der Waals surface area contributed by atoms with Crippen molar-refractivity contribution in [1.29, 1.82) is 0 Å². The van der Waals surface area contributed by atoms with E-state index in [9.17, 15) is 34.8 Å². The Bertz CT molecular complexity index is 1160. The number of rotatable bonds is 15. The van der Waals surface area contributed by atoms with Crippen LogP contribution in [0.2, 0.25) is 0 Å². The van der Waals surface area contributed by atoms with E-state index in [0.29, 0.717) is 17.6 Å². The third kappa shape index (κ3) is 5.77. The standard InChI is InChI=1S/C35H54O9/c1-6-7-8-9-10-11-12-13-14-15-16-17-27(37)43-30-23(3)34(42)25(28-32(4,5)35(28,30)44-31(39)40)19-24(21-36)20-33(41)26(34)18-22(2)29(33)38/h18-19,23,25-26,28,30,36,41-42H,6-17,20-21H2,1-5H3,(H,39,40)/t23-,25+,26-,28-,30-,33-,34-,35-/m1/s1. The number of aliphatic hydroxyl groups excluding tert-OH is 1. The van der Waals surface area contributed by atoms with Crippen LogP contribution < -0.4 is 0 Å². The van der Waals surface area contributed by atoms with Gasteiger partial charge in [-0.25, -0.2) is 4.79 Å². The number of unbranched alkanes of at least 4 members (excludes halogenated alkanes) is 10. The summed E-state index contributed by atoms with van der Waals surface area (Å²) in [6.07, 6.45) is 13.2. The zero-order chi connectivity index (χ0) is 32.5. The summed E-state index contributed by atoms with van der Waals surface area (Å²) in [5.41, 5.74) is -5.35. The average molecular weight is 619 g/mol. The van der Waals surface area contributed by atoms with Crippen molar-refractivity contribution in [3.63, 3.8) is 0 Å². The molecule has 8 atom stereocenters. The molecular formula is C35H54O9. The maximum Gasteiger partial charge on any atom is 0.506 e. The SMILES string of the molecule is CCCCCCCCCCCCCC(=O)O[C@@H]1[C@@H](C)[C@@]2(O)[C@@H](C=C(CO)C[C@]3(O)C(=O)C(C)=C[C@@H]23)[C@@H]2C(C)(C)[C@]12OC(=O)O. The second-order valence-electron chi connectivity index (χ2n) is 14.5. The third-order valence-corrected chi connectivity index (χ3v) is 11.5. The first kappa shape index (κ1) is 34.6. The van der Waals surface area contributed by atoms with Gasteiger partial charge in [-0.3, -0.25) is 9.59 Å². The molecule has 0 unspecified atom stereocenters. The molecule has 0 spiro atoms. The number of hydrogen-bond donors (Lipinski definition) is 4. The molecule has 0 aromatic heterocycles. The second kappa shape index (κ2) is 13.2. The largest absolute Gasteiger partial charge is 0.506 e. The number of carbonyl (C=O) groups is 3. The van der Waals surface area contributed by atoms with Gasteiger partial charge in [-0.05, 0) is 24.5 Å². The maximum absolute atomic E-state index is 13.3. The van der Waals surface area contributed by atoms with E-state index >= 15 is 0 Å². The van der Waals surface area contributed by atoms with Crippen molar-refractivity contribution in [3.05, 3.63) is 23.3 Å². The van der Waals surface area contributed by atoms with Crippen LogP contribution in [0.3, 0.4) is 0 Å². The van der Waals surface area contributed by atoms with Crippen LogP contribution in [-0.2, 0) is 19.1 Å². The molecule has 4 N–H and O–H groups in total. The van der Waals surface area contributed by atoms with Crippen molar-refractivity contribution in [2.45, 2.75) is 141 Å². The molecule has 0 amide bonds. The van der Waals surface area contributed by atoms with Crippen molar-refractivity contribution in [2.24, 2.45) is 29.1 Å². The van der Waals surface area contributed by atoms with Crippen LogP contribution in [0.4, 0.5) is 4.79 Å². The average Bonchev–Trinajstić information content (AvgIpc) is 3.38. The lowest BCUT2D eigenvalue weighted by Gasteiger charge is -2.52. The molecule has 0 heterocycles. The number of carbonyl (C=O) groups excluding carboxylic acids is 2. The lowest BCUT2D eigenvalue weighted by atomic mass is 9.59.